The minimum Gasteiger partial charge on any atom is -0.381 e. The van der Waals surface area contributed by atoms with E-state index in [9.17, 15) is 0 Å². The third-order valence-electron chi connectivity index (χ3n) is 4.91. The summed E-state index contributed by atoms with van der Waals surface area (Å²) < 4.78 is 5.70. The Morgan fingerprint density at radius 1 is 0.909 bits per heavy atom. The zero-order chi connectivity index (χ0) is 15.4. The summed E-state index contributed by atoms with van der Waals surface area (Å²) in [5, 5.41) is 3.01. The van der Waals surface area contributed by atoms with Gasteiger partial charge in [-0.05, 0) is 49.9 Å². The van der Waals surface area contributed by atoms with E-state index < -0.39 is 0 Å². The molecule has 1 aliphatic carbocycles. The molecule has 0 saturated heterocycles. The van der Waals surface area contributed by atoms with Crippen LogP contribution in [0.4, 0.5) is 0 Å². The lowest BCUT2D eigenvalue weighted by molar-refractivity contribution is 0.0709. The first kappa shape index (κ1) is 15.7. The van der Waals surface area contributed by atoms with Crippen molar-refractivity contribution < 1.29 is 4.74 Å². The van der Waals surface area contributed by atoms with Crippen LogP contribution in [-0.4, -0.2) is 18.9 Å². The fourth-order valence-corrected chi connectivity index (χ4v) is 6.99. The van der Waals surface area contributed by atoms with Crippen LogP contribution in [0, 0.1) is 5.92 Å². The smallest absolute Gasteiger partial charge is 0.0577 e. The van der Waals surface area contributed by atoms with Crippen LogP contribution < -0.4 is 10.6 Å². The summed E-state index contributed by atoms with van der Waals surface area (Å²) >= 11 is 0. The molecule has 0 radical (unpaired) electrons. The number of rotatable bonds is 5. The Labute approximate surface area is 135 Å². The molecular weight excluding hydrogens is 287 g/mol. The van der Waals surface area contributed by atoms with Gasteiger partial charge in [-0.25, -0.2) is 0 Å². The van der Waals surface area contributed by atoms with Gasteiger partial charge >= 0.3 is 0 Å². The highest BCUT2D eigenvalue weighted by molar-refractivity contribution is 7.73. The lowest BCUT2D eigenvalue weighted by Crippen LogP contribution is -2.31. The topological polar surface area (TPSA) is 9.23 Å². The summed E-state index contributed by atoms with van der Waals surface area (Å²) in [6.45, 7) is 2.24. The summed E-state index contributed by atoms with van der Waals surface area (Å²) in [7, 11) is 1.55. The molecule has 0 spiro atoms. The van der Waals surface area contributed by atoms with E-state index >= 15 is 0 Å². The molecule has 3 unspecified atom stereocenters. The molecule has 1 saturated carbocycles. The highest BCUT2D eigenvalue weighted by atomic mass is 31.1. The summed E-state index contributed by atoms with van der Waals surface area (Å²) in [6, 6.07) is 22.2. The Morgan fingerprint density at radius 3 is 1.95 bits per heavy atom. The molecular formula is C20H25OP. The van der Waals surface area contributed by atoms with Crippen molar-refractivity contribution in [3.05, 3.63) is 60.7 Å². The molecule has 2 heteroatoms. The molecule has 0 amide bonds. The minimum absolute atomic E-state index is 0.309. The Bertz CT molecular complexity index is 529. The van der Waals surface area contributed by atoms with Gasteiger partial charge in [0, 0.05) is 7.11 Å². The highest BCUT2D eigenvalue weighted by Gasteiger charge is 2.38. The van der Waals surface area contributed by atoms with Crippen molar-refractivity contribution in [1.29, 1.82) is 0 Å². The van der Waals surface area contributed by atoms with Crippen LogP contribution >= 0.6 is 7.92 Å². The maximum absolute atomic E-state index is 5.70. The van der Waals surface area contributed by atoms with E-state index in [1.165, 1.54) is 29.9 Å². The first-order valence-electron chi connectivity index (χ1n) is 8.23. The van der Waals surface area contributed by atoms with E-state index in [2.05, 4.69) is 67.6 Å². The van der Waals surface area contributed by atoms with Crippen LogP contribution in [0.15, 0.2) is 60.7 Å². The average molecular weight is 312 g/mol. The number of ether oxygens (including phenoxy) is 1. The second kappa shape index (κ2) is 7.40. The third kappa shape index (κ3) is 3.26. The van der Waals surface area contributed by atoms with Crippen molar-refractivity contribution in [1.82, 2.24) is 0 Å². The molecule has 3 atom stereocenters. The van der Waals surface area contributed by atoms with Gasteiger partial charge in [0.25, 0.3) is 0 Å². The normalized spacial score (nSPS) is 22.9. The molecule has 0 aromatic heterocycles. The van der Waals surface area contributed by atoms with Gasteiger partial charge in [0.1, 0.15) is 0 Å². The van der Waals surface area contributed by atoms with Crippen molar-refractivity contribution in [3.63, 3.8) is 0 Å². The highest BCUT2D eigenvalue weighted by Crippen LogP contribution is 2.51. The Balaban J connectivity index is 1.99. The summed E-state index contributed by atoms with van der Waals surface area (Å²) in [4.78, 5) is 0. The predicted molar refractivity (Wildman–Crippen MR) is 96.7 cm³/mol. The minimum atomic E-state index is -0.309. The van der Waals surface area contributed by atoms with Gasteiger partial charge < -0.3 is 4.74 Å². The standard InChI is InChI=1S/C20H25OP/c1-16(21-2)19-14-9-15-20(19)22(17-10-5-3-6-11-17)18-12-7-4-8-13-18/h3-8,10-13,16,19-20H,9,14-15H2,1-2H3. The van der Waals surface area contributed by atoms with E-state index in [0.717, 1.165) is 5.66 Å². The molecule has 1 nitrogen and oxygen atoms in total. The van der Waals surface area contributed by atoms with Gasteiger partial charge in [-0.1, -0.05) is 67.1 Å². The zero-order valence-electron chi connectivity index (χ0n) is 13.5. The first-order valence-corrected chi connectivity index (χ1v) is 9.64. The van der Waals surface area contributed by atoms with Gasteiger partial charge in [-0.2, -0.15) is 0 Å². The van der Waals surface area contributed by atoms with Gasteiger partial charge in [-0.3, -0.25) is 0 Å². The van der Waals surface area contributed by atoms with E-state index in [4.69, 9.17) is 4.74 Å². The predicted octanol–water partition coefficient (Wildman–Crippen LogP) is 4.32. The van der Waals surface area contributed by atoms with Crippen LogP contribution in [0.25, 0.3) is 0 Å². The average Bonchev–Trinajstić information content (AvgIpc) is 3.06. The van der Waals surface area contributed by atoms with Crippen molar-refractivity contribution >= 4 is 18.5 Å². The molecule has 0 aliphatic heterocycles. The molecule has 2 aromatic rings. The molecule has 0 bridgehead atoms. The largest absolute Gasteiger partial charge is 0.381 e. The first-order chi connectivity index (χ1) is 10.8. The van der Waals surface area contributed by atoms with E-state index in [-0.39, 0.29) is 7.92 Å². The molecule has 0 N–H and O–H groups in total. The Hall–Kier alpha value is -1.17. The maximum Gasteiger partial charge on any atom is 0.0577 e. The molecule has 0 heterocycles. The molecule has 22 heavy (non-hydrogen) atoms. The summed E-state index contributed by atoms with van der Waals surface area (Å²) in [6.07, 6.45) is 4.32. The monoisotopic (exact) mass is 312 g/mol. The van der Waals surface area contributed by atoms with Crippen molar-refractivity contribution in [2.24, 2.45) is 5.92 Å². The second-order valence-corrected chi connectivity index (χ2v) is 8.58. The summed E-state index contributed by atoms with van der Waals surface area (Å²) in [5.41, 5.74) is 0.731. The van der Waals surface area contributed by atoms with Gasteiger partial charge in [0.15, 0.2) is 0 Å². The van der Waals surface area contributed by atoms with Crippen LogP contribution in [0.2, 0.25) is 0 Å². The van der Waals surface area contributed by atoms with Crippen LogP contribution in [0.1, 0.15) is 26.2 Å². The molecule has 1 fully saturated rings. The van der Waals surface area contributed by atoms with Gasteiger partial charge in [0.05, 0.1) is 6.10 Å². The Kier molecular flexibility index (Phi) is 5.28. The fourth-order valence-electron chi connectivity index (χ4n) is 3.72. The van der Waals surface area contributed by atoms with Crippen LogP contribution in [-0.2, 0) is 4.74 Å². The quantitative estimate of drug-likeness (QED) is 0.747. The molecule has 3 rings (SSSR count). The molecule has 116 valence electrons. The maximum atomic E-state index is 5.70. The number of hydrogen-bond donors (Lipinski definition) is 0. The zero-order valence-corrected chi connectivity index (χ0v) is 14.4. The van der Waals surface area contributed by atoms with Crippen molar-refractivity contribution in [3.8, 4) is 0 Å². The van der Waals surface area contributed by atoms with E-state index in [1.807, 2.05) is 7.11 Å². The van der Waals surface area contributed by atoms with Crippen molar-refractivity contribution in [2.75, 3.05) is 7.11 Å². The van der Waals surface area contributed by atoms with Crippen molar-refractivity contribution in [2.45, 2.75) is 37.9 Å². The lowest BCUT2D eigenvalue weighted by atomic mass is 10.0. The number of methoxy groups -OCH3 is 1. The number of benzene rings is 2. The number of hydrogen-bond acceptors (Lipinski definition) is 1. The van der Waals surface area contributed by atoms with Crippen LogP contribution in [0.5, 0.6) is 0 Å². The van der Waals surface area contributed by atoms with E-state index in [0.29, 0.717) is 12.0 Å². The SMILES string of the molecule is COC(C)C1CCCC1P(c1ccccc1)c1ccccc1. The fraction of sp³-hybridized carbons (Fsp3) is 0.400. The van der Waals surface area contributed by atoms with Gasteiger partial charge in [0.2, 0.25) is 0 Å². The lowest BCUT2D eigenvalue weighted by Gasteiger charge is -2.32. The van der Waals surface area contributed by atoms with Crippen LogP contribution in [0.3, 0.4) is 0 Å². The van der Waals surface area contributed by atoms with E-state index in [1.54, 1.807) is 0 Å². The molecule has 2 aromatic carbocycles. The third-order valence-corrected chi connectivity index (χ3v) is 7.92. The van der Waals surface area contributed by atoms with Gasteiger partial charge in [-0.15, -0.1) is 0 Å². The summed E-state index contributed by atoms with van der Waals surface area (Å²) in [5.74, 6) is 0.677. The second-order valence-electron chi connectivity index (χ2n) is 6.14. The Morgan fingerprint density at radius 2 is 1.45 bits per heavy atom. The molecule has 1 aliphatic rings.